The van der Waals surface area contributed by atoms with Crippen LogP contribution in [0.15, 0.2) is 0 Å². The molecule has 0 saturated carbocycles. The Kier molecular flexibility index (Phi) is 8.57. The Morgan fingerprint density at radius 1 is 0.359 bits per heavy atom. The highest BCUT2D eigenvalue weighted by Crippen LogP contribution is 2.64. The van der Waals surface area contributed by atoms with E-state index in [0.29, 0.717) is 0 Å². The van der Waals surface area contributed by atoms with Gasteiger partial charge >= 0.3 is 78.5 Å². The zero-order valence-corrected chi connectivity index (χ0v) is 17.9. The molecule has 0 aromatic rings. The fraction of sp³-hybridized carbons (Fsp3) is 1.00. The lowest BCUT2D eigenvalue weighted by Gasteiger charge is -2.43. The molecule has 0 aromatic carbocycles. The number of rotatable bonds is 12. The van der Waals surface area contributed by atoms with Crippen molar-refractivity contribution in [2.24, 2.45) is 0 Å². The predicted molar refractivity (Wildman–Crippen MR) is 73.7 cm³/mol. The summed E-state index contributed by atoms with van der Waals surface area (Å²) in [6.45, 7) is 0. The summed E-state index contributed by atoms with van der Waals surface area (Å²) in [5.74, 6) is -54.9. The molecule has 0 unspecified atom stereocenters. The summed E-state index contributed by atoms with van der Waals surface area (Å²) in [6, 6.07) is 0. The van der Waals surface area contributed by atoms with Crippen LogP contribution in [0.3, 0.4) is 0 Å². The maximum atomic E-state index is 13.5. The van der Waals surface area contributed by atoms with Crippen LogP contribution in [0.4, 0.5) is 87.8 Å². The van der Waals surface area contributed by atoms with Crippen molar-refractivity contribution in [1.29, 1.82) is 0 Å². The van der Waals surface area contributed by atoms with Gasteiger partial charge in [-0.2, -0.15) is 105 Å². The summed E-state index contributed by atoms with van der Waals surface area (Å²) in [4.78, 5) is 0. The molecule has 29 heteroatoms. The molecule has 2 N–H and O–H groups in total. The van der Waals surface area contributed by atoms with Crippen LogP contribution in [-0.2, 0) is 25.0 Å². The van der Waals surface area contributed by atoms with E-state index in [0.717, 1.165) is 4.74 Å². The van der Waals surface area contributed by atoms with Gasteiger partial charge < -0.3 is 0 Å². The molecule has 0 bridgehead atoms. The van der Waals surface area contributed by atoms with Crippen LogP contribution in [-0.4, -0.2) is 84.2 Å². The Morgan fingerprint density at radius 2 is 0.590 bits per heavy atom. The van der Waals surface area contributed by atoms with Crippen LogP contribution in [0, 0.1) is 0 Å². The maximum Gasteiger partial charge on any atom is 0.460 e. The van der Waals surface area contributed by atoms with E-state index in [2.05, 4.69) is 0 Å². The first-order valence-electron chi connectivity index (χ1n) is 7.63. The second-order valence-electron chi connectivity index (χ2n) is 6.57. The normalized spacial score (nSPS) is 17.0. The van der Waals surface area contributed by atoms with E-state index in [-0.39, 0.29) is 0 Å². The summed E-state index contributed by atoms with van der Waals surface area (Å²) in [7, 11) is -15.9. The number of hydrogen-bond donors (Lipinski definition) is 2. The van der Waals surface area contributed by atoms with E-state index in [9.17, 15) is 105 Å². The Morgan fingerprint density at radius 3 is 0.846 bits per heavy atom. The SMILES string of the molecule is O=S(=O)(O)C(F)(F)C(F)(F)OC(F)(F)C(F)(F)C(F)(F)C(F)(F)C(F)(F)C(F)(F)C(F)(F)C(F)(F)S(=O)(=O)O. The third kappa shape index (κ3) is 4.83. The Labute approximate surface area is 198 Å². The first-order valence-corrected chi connectivity index (χ1v) is 10.5. The topological polar surface area (TPSA) is 118 Å². The zero-order chi connectivity index (χ0) is 32.7. The lowest BCUT2D eigenvalue weighted by atomic mass is 9.91. The molecule has 0 aromatic heterocycles. The quantitative estimate of drug-likeness (QED) is 0.222. The highest BCUT2D eigenvalue weighted by atomic mass is 32.2. The molecular weight excluding hydrogens is 676 g/mol. The molecule has 0 rings (SSSR count). The van der Waals surface area contributed by atoms with Crippen molar-refractivity contribution in [1.82, 2.24) is 0 Å². The van der Waals surface area contributed by atoms with E-state index in [4.69, 9.17) is 9.11 Å². The van der Waals surface area contributed by atoms with Crippen LogP contribution in [0.1, 0.15) is 0 Å². The molecule has 0 aliphatic carbocycles. The Bertz CT molecular complexity index is 1160. The van der Waals surface area contributed by atoms with Gasteiger partial charge in [0.1, 0.15) is 0 Å². The zero-order valence-electron chi connectivity index (χ0n) is 16.3. The largest absolute Gasteiger partial charge is 0.460 e. The van der Waals surface area contributed by atoms with Crippen molar-refractivity contribution in [3.05, 3.63) is 0 Å². The van der Waals surface area contributed by atoms with E-state index in [1.807, 2.05) is 0 Å². The summed E-state index contributed by atoms with van der Waals surface area (Å²) >= 11 is 0. The van der Waals surface area contributed by atoms with Gasteiger partial charge in [-0.1, -0.05) is 0 Å². The Hall–Kier alpha value is -1.62. The fourth-order valence-corrected chi connectivity index (χ4v) is 2.54. The van der Waals surface area contributed by atoms with Crippen molar-refractivity contribution < 1.29 is 118 Å². The first kappa shape index (κ1) is 37.4. The summed E-state index contributed by atoms with van der Waals surface area (Å²) in [5, 5.41) is -15.7. The third-order valence-electron chi connectivity index (χ3n) is 3.95. The highest BCUT2D eigenvalue weighted by Gasteiger charge is 2.96. The standard InChI is InChI=1S/C10H2F20O7S2/c11-1(12,2(13,14)4(17,18)6(21,22)9(27,28)38(31,32)33)3(15,16)5(19,20)7(23,24)37-8(25,26)10(29,30)39(34,35)36/h(H,31,32,33)(H,34,35,36). The van der Waals surface area contributed by atoms with Gasteiger partial charge in [-0.15, -0.1) is 0 Å². The molecule has 0 radical (unpaired) electrons. The number of ether oxygens (including phenoxy) is 1. The molecule has 0 aliphatic heterocycles. The summed E-state index contributed by atoms with van der Waals surface area (Å²) < 4.78 is 321. The molecule has 0 amide bonds. The molecule has 0 atom stereocenters. The van der Waals surface area contributed by atoms with Gasteiger partial charge in [0.2, 0.25) is 0 Å². The Balaban J connectivity index is 7.11. The first-order chi connectivity index (χ1) is 16.2. The van der Waals surface area contributed by atoms with Gasteiger partial charge in [0, 0.05) is 0 Å². The van der Waals surface area contributed by atoms with Crippen molar-refractivity contribution in [2.75, 3.05) is 0 Å². The molecule has 0 fully saturated rings. The van der Waals surface area contributed by atoms with E-state index >= 15 is 0 Å². The van der Waals surface area contributed by atoms with Gasteiger partial charge in [-0.25, -0.2) is 4.74 Å². The number of halogens is 20. The predicted octanol–water partition coefficient (Wildman–Crippen LogP) is 4.96. The van der Waals surface area contributed by atoms with E-state index < -0.39 is 78.5 Å². The lowest BCUT2D eigenvalue weighted by molar-refractivity contribution is -0.503. The van der Waals surface area contributed by atoms with Crippen molar-refractivity contribution in [3.63, 3.8) is 0 Å². The van der Waals surface area contributed by atoms with Crippen LogP contribution in [0.25, 0.3) is 0 Å². The molecule has 236 valence electrons. The van der Waals surface area contributed by atoms with Crippen molar-refractivity contribution in [2.45, 2.75) is 58.3 Å². The van der Waals surface area contributed by atoms with Gasteiger partial charge in [0.05, 0.1) is 0 Å². The second kappa shape index (κ2) is 8.94. The molecule has 0 heterocycles. The minimum absolute atomic E-state index is 0.995. The summed E-state index contributed by atoms with van der Waals surface area (Å²) in [6.07, 6.45) is -16.5. The smallest absolute Gasteiger partial charge is 0.281 e. The minimum Gasteiger partial charge on any atom is -0.281 e. The van der Waals surface area contributed by atoms with Gasteiger partial charge in [-0.05, 0) is 0 Å². The number of hydrogen-bond acceptors (Lipinski definition) is 5. The van der Waals surface area contributed by atoms with Crippen molar-refractivity contribution >= 4 is 20.2 Å². The molecule has 0 spiro atoms. The molecular formula is C10H2F20O7S2. The summed E-state index contributed by atoms with van der Waals surface area (Å²) in [5.41, 5.74) is 0. The third-order valence-corrected chi connectivity index (χ3v) is 5.74. The van der Waals surface area contributed by atoms with Crippen LogP contribution >= 0.6 is 0 Å². The molecule has 39 heavy (non-hydrogen) atoms. The highest BCUT2D eigenvalue weighted by molar-refractivity contribution is 7.87. The molecule has 7 nitrogen and oxygen atoms in total. The van der Waals surface area contributed by atoms with Crippen LogP contribution < -0.4 is 0 Å². The monoisotopic (exact) mass is 678 g/mol. The second-order valence-corrected chi connectivity index (χ2v) is 9.49. The number of alkyl halides is 20. The lowest BCUT2D eigenvalue weighted by Crippen LogP contribution is -2.75. The molecule has 0 aliphatic rings. The van der Waals surface area contributed by atoms with Gasteiger partial charge in [-0.3, -0.25) is 9.11 Å². The average molecular weight is 678 g/mol. The van der Waals surface area contributed by atoms with E-state index in [1.165, 1.54) is 0 Å². The van der Waals surface area contributed by atoms with Crippen molar-refractivity contribution in [3.8, 4) is 0 Å². The van der Waals surface area contributed by atoms with E-state index in [1.54, 1.807) is 0 Å². The fourth-order valence-electron chi connectivity index (χ4n) is 1.75. The van der Waals surface area contributed by atoms with Gasteiger partial charge in [0.15, 0.2) is 0 Å². The van der Waals surface area contributed by atoms with Crippen LogP contribution in [0.2, 0.25) is 0 Å². The maximum absolute atomic E-state index is 13.5. The van der Waals surface area contributed by atoms with Crippen LogP contribution in [0.5, 0.6) is 0 Å². The average Bonchev–Trinajstić information content (AvgIpc) is 2.63. The minimum atomic E-state index is -9.36. The molecule has 0 saturated heterocycles. The van der Waals surface area contributed by atoms with Gasteiger partial charge in [0.25, 0.3) is 0 Å².